The Hall–Kier alpha value is -3.08. The van der Waals surface area contributed by atoms with Gasteiger partial charge in [-0.05, 0) is 57.2 Å². The molecule has 176 valence electrons. The van der Waals surface area contributed by atoms with E-state index >= 15 is 0 Å². The normalized spacial score (nSPS) is 19.7. The molecule has 0 bridgehead atoms. The number of thiazole rings is 1. The van der Waals surface area contributed by atoms with Crippen LogP contribution in [0.2, 0.25) is 0 Å². The van der Waals surface area contributed by atoms with Gasteiger partial charge in [-0.3, -0.25) is 24.7 Å². The molecule has 33 heavy (non-hydrogen) atoms. The van der Waals surface area contributed by atoms with Crippen LogP contribution in [0.3, 0.4) is 0 Å². The van der Waals surface area contributed by atoms with Gasteiger partial charge >= 0.3 is 0 Å². The third-order valence-electron chi connectivity index (χ3n) is 5.91. The second kappa shape index (κ2) is 10.2. The summed E-state index contributed by atoms with van der Waals surface area (Å²) in [6, 6.07) is 4.82. The van der Waals surface area contributed by atoms with Gasteiger partial charge in [0.2, 0.25) is 11.8 Å². The van der Waals surface area contributed by atoms with Crippen molar-refractivity contribution in [2.45, 2.75) is 45.1 Å². The first-order valence-electron chi connectivity index (χ1n) is 11.3. The van der Waals surface area contributed by atoms with Crippen LogP contribution in [0.1, 0.15) is 37.1 Å². The van der Waals surface area contributed by atoms with Crippen LogP contribution in [0.5, 0.6) is 0 Å². The standard InChI is InChI=1S/C22H28N6O4S/c1-15-23-18-12-16(7-8-19(18)33-15)24-20(13-28(31)32)25-17-6-2-3-11-27(22(17)30)14-21(29)26-9-4-5-10-26/h7-8,12,17H,2-6,9-11,13-14H2,1H3,(H,24,25)/t17-/m0/s1. The molecule has 2 aliphatic rings. The number of aromatic nitrogens is 1. The number of hydrogen-bond donors (Lipinski definition) is 1. The van der Waals surface area contributed by atoms with Crippen LogP contribution in [0.25, 0.3) is 10.2 Å². The SMILES string of the molecule is Cc1nc2cc(NC(C[N+](=O)[O-])=N[C@H]3CCCCN(CC(=O)N4CCCC4)C3=O)ccc2s1. The van der Waals surface area contributed by atoms with Crippen LogP contribution in [-0.2, 0) is 9.59 Å². The number of carbonyl (C=O) groups is 2. The predicted octanol–water partition coefficient (Wildman–Crippen LogP) is 2.70. The maximum atomic E-state index is 13.2. The smallest absolute Gasteiger partial charge is 0.260 e. The second-order valence-corrected chi connectivity index (χ2v) is 9.70. The van der Waals surface area contributed by atoms with Gasteiger partial charge in [-0.2, -0.15) is 0 Å². The van der Waals surface area contributed by atoms with E-state index in [2.05, 4.69) is 15.3 Å². The lowest BCUT2D eigenvalue weighted by Crippen LogP contribution is -2.45. The minimum Gasteiger partial charge on any atom is -0.341 e. The quantitative estimate of drug-likeness (QED) is 0.299. The highest BCUT2D eigenvalue weighted by Crippen LogP contribution is 2.25. The van der Waals surface area contributed by atoms with Crippen molar-refractivity contribution in [2.24, 2.45) is 4.99 Å². The highest BCUT2D eigenvalue weighted by atomic mass is 32.1. The summed E-state index contributed by atoms with van der Waals surface area (Å²) in [6.07, 6.45) is 4.04. The molecule has 2 amide bonds. The Kier molecular flexibility index (Phi) is 7.17. The molecule has 10 nitrogen and oxygen atoms in total. The van der Waals surface area contributed by atoms with Gasteiger partial charge in [-0.1, -0.05) is 0 Å². The number of benzene rings is 1. The van der Waals surface area contributed by atoms with E-state index in [0.717, 1.165) is 54.0 Å². The Morgan fingerprint density at radius 1 is 1.27 bits per heavy atom. The Bertz CT molecular complexity index is 1080. The number of amidine groups is 1. The zero-order valence-corrected chi connectivity index (χ0v) is 19.5. The molecule has 0 unspecified atom stereocenters. The van der Waals surface area contributed by atoms with Crippen LogP contribution in [0.15, 0.2) is 23.2 Å². The molecule has 0 spiro atoms. The van der Waals surface area contributed by atoms with Crippen LogP contribution in [0, 0.1) is 17.0 Å². The fourth-order valence-electron chi connectivity index (χ4n) is 4.30. The molecule has 1 atom stereocenters. The van der Waals surface area contributed by atoms with Gasteiger partial charge in [0.1, 0.15) is 6.04 Å². The average molecular weight is 473 g/mol. The number of aryl methyl sites for hydroxylation is 1. The first-order valence-corrected chi connectivity index (χ1v) is 12.1. The van der Waals surface area contributed by atoms with Gasteiger partial charge in [-0.25, -0.2) is 4.98 Å². The van der Waals surface area contributed by atoms with Crippen molar-refractivity contribution in [3.8, 4) is 0 Å². The van der Waals surface area contributed by atoms with Gasteiger partial charge in [0.25, 0.3) is 6.54 Å². The molecule has 2 saturated heterocycles. The summed E-state index contributed by atoms with van der Waals surface area (Å²) in [5, 5.41) is 15.3. The number of fused-ring (bicyclic) bond motifs is 1. The summed E-state index contributed by atoms with van der Waals surface area (Å²) in [7, 11) is 0. The topological polar surface area (TPSA) is 121 Å². The number of rotatable bonds is 6. The molecular formula is C22H28N6O4S. The molecule has 2 fully saturated rings. The molecular weight excluding hydrogens is 444 g/mol. The largest absolute Gasteiger partial charge is 0.341 e. The fourth-order valence-corrected chi connectivity index (χ4v) is 5.11. The molecule has 4 rings (SSSR count). The number of hydrogen-bond acceptors (Lipinski definition) is 7. The number of aliphatic imine (C=N–C) groups is 1. The molecule has 3 heterocycles. The Morgan fingerprint density at radius 3 is 2.79 bits per heavy atom. The van der Waals surface area contributed by atoms with Gasteiger partial charge in [0.05, 0.1) is 21.8 Å². The zero-order chi connectivity index (χ0) is 23.4. The molecule has 0 aliphatic carbocycles. The minimum absolute atomic E-state index is 0.0408. The lowest BCUT2D eigenvalue weighted by atomic mass is 10.1. The van der Waals surface area contributed by atoms with Gasteiger partial charge in [-0.15, -0.1) is 11.3 Å². The summed E-state index contributed by atoms with van der Waals surface area (Å²) in [5.74, 6) is -0.161. The monoisotopic (exact) mass is 472 g/mol. The summed E-state index contributed by atoms with van der Waals surface area (Å²) in [6.45, 7) is 3.43. The Labute approximate surface area is 195 Å². The molecule has 11 heteroatoms. The van der Waals surface area contributed by atoms with Crippen LogP contribution in [0.4, 0.5) is 5.69 Å². The van der Waals surface area contributed by atoms with Gasteiger partial charge < -0.3 is 15.1 Å². The average Bonchev–Trinajstić information content (AvgIpc) is 3.39. The van der Waals surface area contributed by atoms with E-state index < -0.39 is 17.5 Å². The first-order chi connectivity index (χ1) is 15.9. The van der Waals surface area contributed by atoms with E-state index in [1.54, 1.807) is 21.1 Å². The lowest BCUT2D eigenvalue weighted by Gasteiger charge is -2.25. The molecule has 2 aliphatic heterocycles. The number of nitrogens with one attached hydrogen (secondary N) is 1. The third kappa shape index (κ3) is 5.84. The van der Waals surface area contributed by atoms with E-state index in [1.165, 1.54) is 0 Å². The van der Waals surface area contributed by atoms with Crippen molar-refractivity contribution < 1.29 is 14.5 Å². The fraction of sp³-hybridized carbons (Fsp3) is 0.545. The van der Waals surface area contributed by atoms with E-state index in [0.29, 0.717) is 18.7 Å². The molecule has 0 saturated carbocycles. The third-order valence-corrected chi connectivity index (χ3v) is 6.86. The molecule has 2 aromatic rings. The maximum absolute atomic E-state index is 13.2. The van der Waals surface area contributed by atoms with E-state index in [4.69, 9.17) is 0 Å². The number of anilines is 1. The second-order valence-electron chi connectivity index (χ2n) is 8.47. The molecule has 1 aromatic carbocycles. The van der Waals surface area contributed by atoms with Crippen LogP contribution < -0.4 is 5.32 Å². The van der Waals surface area contributed by atoms with Crippen LogP contribution in [-0.4, -0.2) is 76.1 Å². The summed E-state index contributed by atoms with van der Waals surface area (Å²) in [4.78, 5) is 48.9. The maximum Gasteiger partial charge on any atom is 0.260 e. The van der Waals surface area contributed by atoms with Crippen LogP contribution >= 0.6 is 11.3 Å². The zero-order valence-electron chi connectivity index (χ0n) is 18.7. The highest BCUT2D eigenvalue weighted by molar-refractivity contribution is 7.18. The molecule has 1 aromatic heterocycles. The van der Waals surface area contributed by atoms with E-state index in [-0.39, 0.29) is 24.2 Å². The van der Waals surface area contributed by atoms with E-state index in [1.807, 2.05) is 25.1 Å². The predicted molar refractivity (Wildman–Crippen MR) is 127 cm³/mol. The number of amides is 2. The minimum atomic E-state index is -0.744. The van der Waals surface area contributed by atoms with Gasteiger partial charge in [0, 0.05) is 30.2 Å². The van der Waals surface area contributed by atoms with Crippen molar-refractivity contribution in [3.63, 3.8) is 0 Å². The Morgan fingerprint density at radius 2 is 2.03 bits per heavy atom. The highest BCUT2D eigenvalue weighted by Gasteiger charge is 2.30. The van der Waals surface area contributed by atoms with Crippen molar-refractivity contribution >= 4 is 44.9 Å². The number of carbonyl (C=O) groups excluding carboxylic acids is 2. The Balaban J connectivity index is 1.52. The number of nitro groups is 1. The number of nitrogens with zero attached hydrogens (tertiary/aromatic N) is 5. The van der Waals surface area contributed by atoms with Crippen molar-refractivity contribution in [1.29, 1.82) is 0 Å². The molecule has 0 radical (unpaired) electrons. The van der Waals surface area contributed by atoms with E-state index in [9.17, 15) is 19.7 Å². The summed E-state index contributed by atoms with van der Waals surface area (Å²) >= 11 is 1.58. The lowest BCUT2D eigenvalue weighted by molar-refractivity contribution is -0.463. The van der Waals surface area contributed by atoms with Crippen molar-refractivity contribution in [1.82, 2.24) is 14.8 Å². The van der Waals surface area contributed by atoms with Gasteiger partial charge in [0.15, 0.2) is 5.84 Å². The van der Waals surface area contributed by atoms with Crippen molar-refractivity contribution in [3.05, 3.63) is 33.3 Å². The number of likely N-dealkylation sites (tertiary alicyclic amines) is 2. The summed E-state index contributed by atoms with van der Waals surface area (Å²) in [5.41, 5.74) is 1.44. The molecule has 1 N–H and O–H groups in total. The van der Waals surface area contributed by atoms with Crippen molar-refractivity contribution in [2.75, 3.05) is 38.0 Å². The summed E-state index contributed by atoms with van der Waals surface area (Å²) < 4.78 is 1.03. The first kappa shape index (κ1) is 23.1.